The zero-order valence-corrected chi connectivity index (χ0v) is 21.8. The van der Waals surface area contributed by atoms with E-state index in [1.54, 1.807) is 13.2 Å². The van der Waals surface area contributed by atoms with Crippen molar-refractivity contribution in [2.45, 2.75) is 57.8 Å². The highest BCUT2D eigenvalue weighted by atomic mass is 16.5. The maximum Gasteiger partial charge on any atom is 0.262 e. The van der Waals surface area contributed by atoms with Crippen LogP contribution in [0.25, 0.3) is 22.6 Å². The number of carbonyl (C=O) groups excluding carboxylic acids is 1. The molecule has 1 aromatic heterocycles. The van der Waals surface area contributed by atoms with Gasteiger partial charge in [0.15, 0.2) is 12.2 Å². The van der Waals surface area contributed by atoms with Gasteiger partial charge in [-0.1, -0.05) is 51.3 Å². The second-order valence-corrected chi connectivity index (χ2v) is 10.1. The molecular weight excluding hydrogens is 464 g/mol. The smallest absolute Gasteiger partial charge is 0.262 e. The van der Waals surface area contributed by atoms with Crippen molar-refractivity contribution in [1.29, 1.82) is 0 Å². The Morgan fingerprint density at radius 3 is 2.54 bits per heavy atom. The minimum atomic E-state index is -0.272. The SMILES string of the molecule is COc1ccc(-c2nc3cc(C(C)C)ccc3o2)cc1NC(=O)COc1ccc(C2CCCCC2)cc1. The number of anilines is 1. The fraction of sp³-hybridized carbons (Fsp3) is 0.355. The molecule has 6 nitrogen and oxygen atoms in total. The zero-order chi connectivity index (χ0) is 25.8. The number of carbonyl (C=O) groups is 1. The third kappa shape index (κ3) is 5.79. The molecule has 0 radical (unpaired) electrons. The molecule has 3 aromatic carbocycles. The second kappa shape index (κ2) is 11.1. The van der Waals surface area contributed by atoms with Crippen LogP contribution in [0.15, 0.2) is 65.1 Å². The number of methoxy groups -OCH3 is 1. The first-order valence-electron chi connectivity index (χ1n) is 13.1. The third-order valence-corrected chi connectivity index (χ3v) is 7.13. The molecule has 1 fully saturated rings. The van der Waals surface area contributed by atoms with E-state index in [1.807, 2.05) is 30.3 Å². The first-order chi connectivity index (χ1) is 18.0. The summed E-state index contributed by atoms with van der Waals surface area (Å²) in [6.45, 7) is 4.20. The summed E-state index contributed by atoms with van der Waals surface area (Å²) >= 11 is 0. The van der Waals surface area contributed by atoms with Crippen molar-refractivity contribution in [3.8, 4) is 23.0 Å². The van der Waals surface area contributed by atoms with Crippen LogP contribution >= 0.6 is 0 Å². The van der Waals surface area contributed by atoms with Gasteiger partial charge in [0, 0.05) is 5.56 Å². The Morgan fingerprint density at radius 2 is 1.81 bits per heavy atom. The lowest BCUT2D eigenvalue weighted by atomic mass is 9.84. The number of aromatic nitrogens is 1. The zero-order valence-electron chi connectivity index (χ0n) is 21.8. The van der Waals surface area contributed by atoms with E-state index in [-0.39, 0.29) is 12.5 Å². The predicted molar refractivity (Wildman–Crippen MR) is 146 cm³/mol. The molecule has 0 unspecified atom stereocenters. The summed E-state index contributed by atoms with van der Waals surface area (Å²) < 4.78 is 17.2. The summed E-state index contributed by atoms with van der Waals surface area (Å²) in [5.74, 6) is 2.50. The van der Waals surface area contributed by atoms with Crippen molar-refractivity contribution < 1.29 is 18.7 Å². The Balaban J connectivity index is 1.26. The van der Waals surface area contributed by atoms with Crippen molar-refractivity contribution >= 4 is 22.7 Å². The molecule has 0 aliphatic heterocycles. The van der Waals surface area contributed by atoms with Gasteiger partial charge in [-0.3, -0.25) is 4.79 Å². The number of nitrogens with zero attached hydrogens (tertiary/aromatic N) is 1. The number of oxazole rings is 1. The lowest BCUT2D eigenvalue weighted by Gasteiger charge is -2.22. The highest BCUT2D eigenvalue weighted by Gasteiger charge is 2.16. The monoisotopic (exact) mass is 498 g/mol. The van der Waals surface area contributed by atoms with Gasteiger partial charge in [0.1, 0.15) is 17.0 Å². The topological polar surface area (TPSA) is 73.6 Å². The summed E-state index contributed by atoms with van der Waals surface area (Å²) in [5.41, 5.74) is 5.38. The summed E-state index contributed by atoms with van der Waals surface area (Å²) in [4.78, 5) is 17.4. The van der Waals surface area contributed by atoms with Crippen LogP contribution in [-0.4, -0.2) is 24.6 Å². The van der Waals surface area contributed by atoms with E-state index < -0.39 is 0 Å². The molecule has 37 heavy (non-hydrogen) atoms. The number of hydrogen-bond acceptors (Lipinski definition) is 5. The van der Waals surface area contributed by atoms with Gasteiger partial charge in [-0.05, 0) is 78.3 Å². The number of nitrogens with one attached hydrogen (secondary N) is 1. The minimum absolute atomic E-state index is 0.100. The van der Waals surface area contributed by atoms with Crippen molar-refractivity contribution in [2.24, 2.45) is 0 Å². The van der Waals surface area contributed by atoms with Crippen LogP contribution in [0.3, 0.4) is 0 Å². The van der Waals surface area contributed by atoms with Gasteiger partial charge in [-0.2, -0.15) is 0 Å². The molecule has 0 spiro atoms. The predicted octanol–water partition coefficient (Wildman–Crippen LogP) is 7.69. The first-order valence-corrected chi connectivity index (χ1v) is 13.1. The first kappa shape index (κ1) is 24.9. The Labute approximate surface area is 218 Å². The van der Waals surface area contributed by atoms with E-state index in [1.165, 1.54) is 43.2 Å². The molecule has 1 N–H and O–H groups in total. The average molecular weight is 499 g/mol. The molecule has 0 bridgehead atoms. The number of rotatable bonds is 8. The molecular formula is C31H34N2O4. The Bertz CT molecular complexity index is 1370. The van der Waals surface area contributed by atoms with Gasteiger partial charge in [0.05, 0.1) is 12.8 Å². The second-order valence-electron chi connectivity index (χ2n) is 10.1. The van der Waals surface area contributed by atoms with E-state index in [0.29, 0.717) is 34.9 Å². The molecule has 4 aromatic rings. The van der Waals surface area contributed by atoms with Crippen LogP contribution in [0.1, 0.15) is 68.9 Å². The fourth-order valence-corrected chi connectivity index (χ4v) is 4.97. The summed E-state index contributed by atoms with van der Waals surface area (Å²) in [6.07, 6.45) is 6.46. The number of hydrogen-bond donors (Lipinski definition) is 1. The van der Waals surface area contributed by atoms with Crippen molar-refractivity contribution in [3.05, 3.63) is 71.8 Å². The summed E-state index contributed by atoms with van der Waals surface area (Å²) in [5, 5.41) is 2.90. The quantitative estimate of drug-likeness (QED) is 0.269. The molecule has 192 valence electrons. The van der Waals surface area contributed by atoms with Crippen LogP contribution in [0.5, 0.6) is 11.5 Å². The molecule has 1 saturated carbocycles. The average Bonchev–Trinajstić information content (AvgIpc) is 3.36. The minimum Gasteiger partial charge on any atom is -0.495 e. The van der Waals surface area contributed by atoms with Crippen molar-refractivity contribution in [3.63, 3.8) is 0 Å². The number of ether oxygens (including phenoxy) is 2. The van der Waals surface area contributed by atoms with E-state index in [4.69, 9.17) is 13.9 Å². The molecule has 1 heterocycles. The molecule has 0 saturated heterocycles. The van der Waals surface area contributed by atoms with Gasteiger partial charge in [-0.15, -0.1) is 0 Å². The Kier molecular flexibility index (Phi) is 7.45. The largest absolute Gasteiger partial charge is 0.495 e. The lowest BCUT2D eigenvalue weighted by molar-refractivity contribution is -0.118. The van der Waals surface area contributed by atoms with E-state index in [2.05, 4.69) is 48.4 Å². The van der Waals surface area contributed by atoms with E-state index in [0.717, 1.165) is 16.7 Å². The van der Waals surface area contributed by atoms with Gasteiger partial charge < -0.3 is 19.2 Å². The molecule has 1 aliphatic carbocycles. The Morgan fingerprint density at radius 1 is 1.03 bits per heavy atom. The lowest BCUT2D eigenvalue weighted by Crippen LogP contribution is -2.20. The maximum absolute atomic E-state index is 12.7. The highest BCUT2D eigenvalue weighted by Crippen LogP contribution is 2.34. The van der Waals surface area contributed by atoms with Crippen molar-refractivity contribution in [2.75, 3.05) is 19.0 Å². The van der Waals surface area contributed by atoms with E-state index >= 15 is 0 Å². The van der Waals surface area contributed by atoms with Crippen LogP contribution in [-0.2, 0) is 4.79 Å². The highest BCUT2D eigenvalue weighted by molar-refractivity contribution is 5.94. The third-order valence-electron chi connectivity index (χ3n) is 7.13. The normalized spacial score (nSPS) is 14.2. The summed E-state index contributed by atoms with van der Waals surface area (Å²) in [6, 6.07) is 19.7. The molecule has 6 heteroatoms. The van der Waals surface area contributed by atoms with Crippen LogP contribution in [0, 0.1) is 0 Å². The number of fused-ring (bicyclic) bond motifs is 1. The molecule has 1 amide bonds. The fourth-order valence-electron chi connectivity index (χ4n) is 4.97. The van der Waals surface area contributed by atoms with Crippen LogP contribution in [0.4, 0.5) is 5.69 Å². The van der Waals surface area contributed by atoms with Crippen LogP contribution < -0.4 is 14.8 Å². The van der Waals surface area contributed by atoms with Crippen molar-refractivity contribution in [1.82, 2.24) is 4.98 Å². The van der Waals surface area contributed by atoms with Crippen LogP contribution in [0.2, 0.25) is 0 Å². The molecule has 1 aliphatic rings. The van der Waals surface area contributed by atoms with Gasteiger partial charge in [0.2, 0.25) is 5.89 Å². The standard InChI is InChI=1S/C31H34N2O4/c1-20(2)23-11-16-29-27(17-23)33-31(37-29)24-12-15-28(35-3)26(18-24)32-30(34)19-36-25-13-9-22(10-14-25)21-7-5-4-6-8-21/h9-18,20-21H,4-8,19H2,1-3H3,(H,32,34). The molecule has 5 rings (SSSR count). The van der Waals surface area contributed by atoms with E-state index in [9.17, 15) is 4.79 Å². The maximum atomic E-state index is 12.7. The van der Waals surface area contributed by atoms with Gasteiger partial charge >= 0.3 is 0 Å². The van der Waals surface area contributed by atoms with Gasteiger partial charge in [0.25, 0.3) is 5.91 Å². The summed E-state index contributed by atoms with van der Waals surface area (Å²) in [7, 11) is 1.57. The number of amides is 1. The Hall–Kier alpha value is -3.80. The number of benzene rings is 3. The molecule has 0 atom stereocenters. The van der Waals surface area contributed by atoms with Gasteiger partial charge in [-0.25, -0.2) is 4.98 Å².